The molecule has 0 aromatic carbocycles. The number of aromatic nitrogens is 3. The monoisotopic (exact) mass is 338 g/mol. The topological polar surface area (TPSA) is 83.0 Å². The van der Waals surface area contributed by atoms with E-state index in [4.69, 9.17) is 10.5 Å². The summed E-state index contributed by atoms with van der Waals surface area (Å²) in [6.07, 6.45) is 2.29. The zero-order chi connectivity index (χ0) is 14.7. The third-order valence-electron chi connectivity index (χ3n) is 2.71. The number of nitrogens with two attached hydrogens (primary N) is 1. The van der Waals surface area contributed by atoms with Crippen LogP contribution in [0.1, 0.15) is 30.2 Å². The molecule has 0 fully saturated rings. The highest BCUT2D eigenvalue weighted by Crippen LogP contribution is 2.21. The highest BCUT2D eigenvalue weighted by Gasteiger charge is 2.22. The summed E-state index contributed by atoms with van der Waals surface area (Å²) < 4.78 is 7.48. The number of rotatable bonds is 4. The van der Waals surface area contributed by atoms with Crippen molar-refractivity contribution in [2.75, 3.05) is 12.3 Å². The van der Waals surface area contributed by atoms with Crippen LogP contribution in [0, 0.1) is 0 Å². The molecule has 20 heavy (non-hydrogen) atoms. The van der Waals surface area contributed by atoms with Crippen molar-refractivity contribution in [3.05, 3.63) is 34.3 Å². The van der Waals surface area contributed by atoms with Crippen molar-refractivity contribution in [2.45, 2.75) is 20.3 Å². The number of carbonyl (C=O) groups excluding carboxylic acids is 1. The van der Waals surface area contributed by atoms with Gasteiger partial charge in [0.05, 0.1) is 6.61 Å². The molecule has 0 saturated carbocycles. The summed E-state index contributed by atoms with van der Waals surface area (Å²) in [7, 11) is 0. The van der Waals surface area contributed by atoms with Crippen LogP contribution in [-0.2, 0) is 11.2 Å². The number of imidazole rings is 1. The van der Waals surface area contributed by atoms with E-state index in [0.717, 1.165) is 4.47 Å². The molecule has 2 rings (SSSR count). The van der Waals surface area contributed by atoms with Gasteiger partial charge in [-0.15, -0.1) is 0 Å². The lowest BCUT2D eigenvalue weighted by atomic mass is 10.4. The molecule has 0 spiro atoms. The normalized spacial score (nSPS) is 10.6. The van der Waals surface area contributed by atoms with Crippen LogP contribution in [0.5, 0.6) is 0 Å². The minimum absolute atomic E-state index is 0.133. The van der Waals surface area contributed by atoms with Gasteiger partial charge in [0.25, 0.3) is 0 Å². The second-order valence-electron chi connectivity index (χ2n) is 4.01. The molecule has 0 aliphatic carbocycles. The van der Waals surface area contributed by atoms with Crippen molar-refractivity contribution in [1.82, 2.24) is 14.5 Å². The largest absolute Gasteiger partial charge is 0.461 e. The van der Waals surface area contributed by atoms with E-state index in [1.54, 1.807) is 23.8 Å². The van der Waals surface area contributed by atoms with Gasteiger partial charge in [-0.25, -0.2) is 14.8 Å². The van der Waals surface area contributed by atoms with E-state index in [0.29, 0.717) is 18.1 Å². The Hall–Kier alpha value is -1.89. The van der Waals surface area contributed by atoms with Gasteiger partial charge in [0.1, 0.15) is 17.5 Å². The number of hydrogen-bond acceptors (Lipinski definition) is 5. The standard InChI is InChI=1S/C13H15BrN4O2/c1-3-9-17-11(13(19)20-4-2)12(15)18(9)10-6-5-8(14)7-16-10/h5-7H,3-4,15H2,1-2H3. The number of anilines is 1. The van der Waals surface area contributed by atoms with Gasteiger partial charge < -0.3 is 10.5 Å². The third-order valence-corrected chi connectivity index (χ3v) is 3.18. The van der Waals surface area contributed by atoms with Crippen LogP contribution >= 0.6 is 15.9 Å². The van der Waals surface area contributed by atoms with Crippen LogP contribution < -0.4 is 5.73 Å². The zero-order valence-electron chi connectivity index (χ0n) is 11.3. The van der Waals surface area contributed by atoms with Gasteiger partial charge in [-0.1, -0.05) is 6.92 Å². The van der Waals surface area contributed by atoms with Crippen molar-refractivity contribution < 1.29 is 9.53 Å². The summed E-state index contributed by atoms with van der Waals surface area (Å²) in [5.74, 6) is 1.01. The summed E-state index contributed by atoms with van der Waals surface area (Å²) in [5, 5.41) is 0. The molecule has 0 unspecified atom stereocenters. The van der Waals surface area contributed by atoms with Gasteiger partial charge in [0.2, 0.25) is 0 Å². The molecule has 0 saturated heterocycles. The number of esters is 1. The smallest absolute Gasteiger partial charge is 0.360 e. The first-order chi connectivity index (χ1) is 9.58. The molecule has 0 radical (unpaired) electrons. The fourth-order valence-electron chi connectivity index (χ4n) is 1.82. The minimum atomic E-state index is -0.518. The van der Waals surface area contributed by atoms with Crippen LogP contribution in [0.4, 0.5) is 5.82 Å². The van der Waals surface area contributed by atoms with E-state index >= 15 is 0 Å². The van der Waals surface area contributed by atoms with Crippen LogP contribution in [0.15, 0.2) is 22.8 Å². The number of aryl methyl sites for hydroxylation is 1. The lowest BCUT2D eigenvalue weighted by Gasteiger charge is -2.07. The molecule has 0 atom stereocenters. The van der Waals surface area contributed by atoms with E-state index < -0.39 is 5.97 Å². The Morgan fingerprint density at radius 1 is 1.45 bits per heavy atom. The van der Waals surface area contributed by atoms with Crippen molar-refractivity contribution in [3.63, 3.8) is 0 Å². The molecular formula is C13H15BrN4O2. The highest BCUT2D eigenvalue weighted by atomic mass is 79.9. The summed E-state index contributed by atoms with van der Waals surface area (Å²) in [6, 6.07) is 3.65. The highest BCUT2D eigenvalue weighted by molar-refractivity contribution is 9.10. The molecule has 106 valence electrons. The Balaban J connectivity index is 2.52. The Bertz CT molecular complexity index is 622. The number of nitrogen functional groups attached to an aromatic ring is 1. The van der Waals surface area contributed by atoms with Gasteiger partial charge in [-0.3, -0.25) is 4.57 Å². The van der Waals surface area contributed by atoms with Gasteiger partial charge in [-0.2, -0.15) is 0 Å². The van der Waals surface area contributed by atoms with Crippen LogP contribution in [-0.4, -0.2) is 27.1 Å². The number of nitrogens with zero attached hydrogens (tertiary/aromatic N) is 3. The fraction of sp³-hybridized carbons (Fsp3) is 0.308. The third kappa shape index (κ3) is 2.67. The van der Waals surface area contributed by atoms with E-state index in [9.17, 15) is 4.79 Å². The molecule has 6 nitrogen and oxygen atoms in total. The Kier molecular flexibility index (Phi) is 4.39. The molecule has 2 aromatic heterocycles. The van der Waals surface area contributed by atoms with Crippen LogP contribution in [0.3, 0.4) is 0 Å². The Morgan fingerprint density at radius 2 is 2.20 bits per heavy atom. The van der Waals surface area contributed by atoms with Crippen molar-refractivity contribution in [1.29, 1.82) is 0 Å². The van der Waals surface area contributed by atoms with E-state index in [-0.39, 0.29) is 18.1 Å². The second-order valence-corrected chi connectivity index (χ2v) is 4.92. The average molecular weight is 339 g/mol. The van der Waals surface area contributed by atoms with Crippen molar-refractivity contribution in [3.8, 4) is 5.82 Å². The summed E-state index contributed by atoms with van der Waals surface area (Å²) in [6.45, 7) is 3.96. The van der Waals surface area contributed by atoms with Crippen molar-refractivity contribution >= 4 is 27.7 Å². The summed E-state index contributed by atoms with van der Waals surface area (Å²) in [5.41, 5.74) is 6.16. The SMILES string of the molecule is CCOC(=O)c1nc(CC)n(-c2ccc(Br)cn2)c1N. The summed E-state index contributed by atoms with van der Waals surface area (Å²) in [4.78, 5) is 20.4. The molecule has 0 aliphatic rings. The van der Waals surface area contributed by atoms with Gasteiger partial charge in [0.15, 0.2) is 5.69 Å². The zero-order valence-corrected chi connectivity index (χ0v) is 12.8. The van der Waals surface area contributed by atoms with Crippen LogP contribution in [0.2, 0.25) is 0 Å². The fourth-order valence-corrected chi connectivity index (χ4v) is 2.06. The summed E-state index contributed by atoms with van der Waals surface area (Å²) >= 11 is 3.33. The maximum atomic E-state index is 11.8. The number of carbonyl (C=O) groups is 1. The lowest BCUT2D eigenvalue weighted by molar-refractivity contribution is 0.0521. The van der Waals surface area contributed by atoms with E-state index in [2.05, 4.69) is 25.9 Å². The molecule has 0 aliphatic heterocycles. The molecule has 7 heteroatoms. The molecule has 2 N–H and O–H groups in total. The minimum Gasteiger partial charge on any atom is -0.461 e. The predicted molar refractivity (Wildman–Crippen MR) is 78.8 cm³/mol. The quantitative estimate of drug-likeness (QED) is 0.865. The lowest BCUT2D eigenvalue weighted by Crippen LogP contribution is -2.10. The molecule has 0 bridgehead atoms. The first-order valence-electron chi connectivity index (χ1n) is 6.24. The predicted octanol–water partition coefficient (Wildman–Crippen LogP) is 2.35. The van der Waals surface area contributed by atoms with Gasteiger partial charge >= 0.3 is 5.97 Å². The first-order valence-corrected chi connectivity index (χ1v) is 7.03. The first kappa shape index (κ1) is 14.5. The maximum Gasteiger partial charge on any atom is 0.360 e. The van der Waals surface area contributed by atoms with E-state index in [1.807, 2.05) is 13.0 Å². The van der Waals surface area contributed by atoms with Crippen molar-refractivity contribution in [2.24, 2.45) is 0 Å². The molecular weight excluding hydrogens is 324 g/mol. The second kappa shape index (κ2) is 6.04. The molecule has 0 amide bonds. The molecule has 2 heterocycles. The Labute approximate surface area is 125 Å². The average Bonchev–Trinajstić information content (AvgIpc) is 2.77. The van der Waals surface area contributed by atoms with Gasteiger partial charge in [0, 0.05) is 17.1 Å². The Morgan fingerprint density at radius 3 is 2.75 bits per heavy atom. The number of halogens is 1. The number of pyridine rings is 1. The number of hydrogen-bond donors (Lipinski definition) is 1. The molecule has 2 aromatic rings. The van der Waals surface area contributed by atoms with Gasteiger partial charge in [-0.05, 0) is 35.0 Å². The maximum absolute atomic E-state index is 11.8. The number of ether oxygens (including phenoxy) is 1. The van der Waals surface area contributed by atoms with E-state index in [1.165, 1.54) is 0 Å². The van der Waals surface area contributed by atoms with Crippen LogP contribution in [0.25, 0.3) is 5.82 Å².